The van der Waals surface area contributed by atoms with E-state index in [9.17, 15) is 0 Å². The fourth-order valence-electron chi connectivity index (χ4n) is 3.82. The van der Waals surface area contributed by atoms with Crippen LogP contribution in [0.5, 0.6) is 28.7 Å². The molecule has 1 aliphatic heterocycles. The third kappa shape index (κ3) is 5.41. The first kappa shape index (κ1) is 22.4. The Morgan fingerprint density at radius 1 is 0.714 bits per heavy atom. The molecule has 0 amide bonds. The molecule has 0 N–H and O–H groups in total. The van der Waals surface area contributed by atoms with Crippen LogP contribution >= 0.6 is 0 Å². The Balaban J connectivity index is 1.39. The summed E-state index contributed by atoms with van der Waals surface area (Å²) in [6, 6.07) is 30.0. The quantitative estimate of drug-likeness (QED) is 0.255. The normalized spacial score (nSPS) is 12.0. The van der Waals surface area contributed by atoms with Gasteiger partial charge >= 0.3 is 0 Å². The van der Waals surface area contributed by atoms with E-state index in [0.29, 0.717) is 36.2 Å². The summed E-state index contributed by atoms with van der Waals surface area (Å²) in [7, 11) is 1.61. The van der Waals surface area contributed by atoms with E-state index in [0.717, 1.165) is 28.0 Å². The first-order valence-electron chi connectivity index (χ1n) is 11.4. The summed E-state index contributed by atoms with van der Waals surface area (Å²) < 4.78 is 29.2. The Hall–Kier alpha value is -4.38. The van der Waals surface area contributed by atoms with Crippen molar-refractivity contribution in [2.24, 2.45) is 0 Å². The van der Waals surface area contributed by atoms with Gasteiger partial charge in [0, 0.05) is 5.56 Å². The second kappa shape index (κ2) is 10.7. The molecule has 176 valence electrons. The molecule has 0 radical (unpaired) electrons. The molecular weight excluding hydrogens is 440 g/mol. The van der Waals surface area contributed by atoms with Gasteiger partial charge in [-0.1, -0.05) is 84.9 Å². The van der Waals surface area contributed by atoms with Crippen LogP contribution in [-0.4, -0.2) is 13.9 Å². The van der Waals surface area contributed by atoms with Gasteiger partial charge in [0.05, 0.1) is 7.11 Å². The number of methoxy groups -OCH3 is 1. The van der Waals surface area contributed by atoms with E-state index in [1.54, 1.807) is 7.11 Å². The van der Waals surface area contributed by atoms with Crippen LogP contribution in [0.25, 0.3) is 12.2 Å². The average Bonchev–Trinajstić information content (AvgIpc) is 3.41. The van der Waals surface area contributed by atoms with E-state index in [1.165, 1.54) is 0 Å². The van der Waals surface area contributed by atoms with Gasteiger partial charge in [-0.2, -0.15) is 0 Å². The Kier molecular flexibility index (Phi) is 6.85. The summed E-state index contributed by atoms with van der Waals surface area (Å²) in [6.45, 7) is 1.05. The zero-order valence-electron chi connectivity index (χ0n) is 19.5. The lowest BCUT2D eigenvalue weighted by atomic mass is 10.1. The van der Waals surface area contributed by atoms with E-state index in [-0.39, 0.29) is 6.79 Å². The van der Waals surface area contributed by atoms with E-state index < -0.39 is 0 Å². The van der Waals surface area contributed by atoms with Crippen molar-refractivity contribution in [2.45, 2.75) is 13.2 Å². The van der Waals surface area contributed by atoms with Crippen LogP contribution in [0.15, 0.2) is 91.0 Å². The van der Waals surface area contributed by atoms with Gasteiger partial charge < -0.3 is 23.7 Å². The van der Waals surface area contributed by atoms with Crippen molar-refractivity contribution >= 4 is 12.2 Å². The Labute approximate surface area is 205 Å². The Morgan fingerprint density at radius 3 is 2.11 bits per heavy atom. The standard InChI is InChI=1S/C30H26O5/c1-31-27-18-25(28(30-29(27)34-21-35-30)33-20-24-11-6-3-7-12-24)16-15-22-13-8-14-26(17-22)32-19-23-9-4-2-5-10-23/h2-18H,19-21H2,1H3/b16-15+. The second-order valence-corrected chi connectivity index (χ2v) is 8.02. The summed E-state index contributed by atoms with van der Waals surface area (Å²) in [5, 5.41) is 0. The third-order valence-corrected chi connectivity index (χ3v) is 5.60. The highest BCUT2D eigenvalue weighted by Crippen LogP contribution is 2.50. The third-order valence-electron chi connectivity index (χ3n) is 5.60. The number of benzene rings is 4. The van der Waals surface area contributed by atoms with Crippen molar-refractivity contribution in [3.05, 3.63) is 113 Å². The van der Waals surface area contributed by atoms with E-state index in [2.05, 4.69) is 0 Å². The van der Waals surface area contributed by atoms with Crippen LogP contribution in [0.3, 0.4) is 0 Å². The number of ether oxygens (including phenoxy) is 5. The van der Waals surface area contributed by atoms with Crippen molar-refractivity contribution in [2.75, 3.05) is 13.9 Å². The summed E-state index contributed by atoms with van der Waals surface area (Å²) in [5.74, 6) is 3.14. The predicted octanol–water partition coefficient (Wildman–Crippen LogP) is 6.75. The first-order chi connectivity index (χ1) is 17.3. The van der Waals surface area contributed by atoms with Crippen LogP contribution in [0.2, 0.25) is 0 Å². The lowest BCUT2D eigenvalue weighted by molar-refractivity contribution is 0.167. The molecule has 0 saturated carbocycles. The van der Waals surface area contributed by atoms with Crippen molar-refractivity contribution < 1.29 is 23.7 Å². The molecule has 4 aromatic carbocycles. The summed E-state index contributed by atoms with van der Waals surface area (Å²) in [5.41, 5.74) is 4.02. The molecule has 4 aromatic rings. The largest absolute Gasteiger partial charge is 0.493 e. The van der Waals surface area contributed by atoms with Crippen LogP contribution in [0.4, 0.5) is 0 Å². The Bertz CT molecular complexity index is 1300. The van der Waals surface area contributed by atoms with Gasteiger partial charge in [0.15, 0.2) is 11.5 Å². The SMILES string of the molecule is COc1cc(/C=C/c2cccc(OCc3ccccc3)c2)c(OCc2ccccc2)c2c1OCO2. The highest BCUT2D eigenvalue weighted by molar-refractivity contribution is 5.78. The molecule has 0 atom stereocenters. The zero-order chi connectivity index (χ0) is 23.9. The number of hydrogen-bond donors (Lipinski definition) is 0. The summed E-state index contributed by atoms with van der Waals surface area (Å²) in [4.78, 5) is 0. The van der Waals surface area contributed by atoms with Gasteiger partial charge in [0.25, 0.3) is 0 Å². The maximum Gasteiger partial charge on any atom is 0.231 e. The lowest BCUT2D eigenvalue weighted by Gasteiger charge is -2.14. The van der Waals surface area contributed by atoms with E-state index in [4.69, 9.17) is 23.7 Å². The van der Waals surface area contributed by atoms with Crippen LogP contribution in [0, 0.1) is 0 Å². The molecule has 35 heavy (non-hydrogen) atoms. The molecular formula is C30H26O5. The molecule has 0 saturated heterocycles. The number of fused-ring (bicyclic) bond motifs is 1. The molecule has 5 heteroatoms. The minimum Gasteiger partial charge on any atom is -0.493 e. The monoisotopic (exact) mass is 466 g/mol. The topological polar surface area (TPSA) is 46.2 Å². The molecule has 5 nitrogen and oxygen atoms in total. The smallest absolute Gasteiger partial charge is 0.231 e. The predicted molar refractivity (Wildman–Crippen MR) is 136 cm³/mol. The number of hydrogen-bond acceptors (Lipinski definition) is 5. The first-order valence-corrected chi connectivity index (χ1v) is 11.4. The Morgan fingerprint density at radius 2 is 1.40 bits per heavy atom. The van der Waals surface area contributed by atoms with Gasteiger partial charge in [-0.25, -0.2) is 0 Å². The van der Waals surface area contributed by atoms with Gasteiger partial charge in [-0.3, -0.25) is 0 Å². The van der Waals surface area contributed by atoms with Crippen molar-refractivity contribution in [3.8, 4) is 28.7 Å². The molecule has 0 fully saturated rings. The fourth-order valence-corrected chi connectivity index (χ4v) is 3.82. The van der Waals surface area contributed by atoms with Crippen LogP contribution < -0.4 is 23.7 Å². The molecule has 1 aliphatic rings. The lowest BCUT2D eigenvalue weighted by Crippen LogP contribution is -1.99. The molecule has 0 bridgehead atoms. The van der Waals surface area contributed by atoms with Crippen molar-refractivity contribution in [1.29, 1.82) is 0 Å². The highest BCUT2D eigenvalue weighted by atomic mass is 16.7. The number of rotatable bonds is 9. The zero-order valence-corrected chi connectivity index (χ0v) is 19.5. The van der Waals surface area contributed by atoms with Crippen LogP contribution in [0.1, 0.15) is 22.3 Å². The van der Waals surface area contributed by atoms with Crippen LogP contribution in [-0.2, 0) is 13.2 Å². The molecule has 0 unspecified atom stereocenters. The maximum atomic E-state index is 6.23. The minimum atomic E-state index is 0.126. The van der Waals surface area contributed by atoms with Gasteiger partial charge in [0.1, 0.15) is 19.0 Å². The molecule has 0 aliphatic carbocycles. The van der Waals surface area contributed by atoms with E-state index >= 15 is 0 Å². The van der Waals surface area contributed by atoms with E-state index in [1.807, 2.05) is 103 Å². The molecule has 0 spiro atoms. The summed E-state index contributed by atoms with van der Waals surface area (Å²) >= 11 is 0. The van der Waals surface area contributed by atoms with Gasteiger partial charge in [0.2, 0.25) is 18.3 Å². The fraction of sp³-hybridized carbons (Fsp3) is 0.133. The average molecular weight is 467 g/mol. The minimum absolute atomic E-state index is 0.126. The molecule has 1 heterocycles. The summed E-state index contributed by atoms with van der Waals surface area (Å²) in [6.07, 6.45) is 4.00. The van der Waals surface area contributed by atoms with Crippen molar-refractivity contribution in [3.63, 3.8) is 0 Å². The van der Waals surface area contributed by atoms with Crippen molar-refractivity contribution in [1.82, 2.24) is 0 Å². The molecule has 5 rings (SSSR count). The second-order valence-electron chi connectivity index (χ2n) is 8.02. The highest BCUT2D eigenvalue weighted by Gasteiger charge is 2.26. The van der Waals surface area contributed by atoms with Gasteiger partial charge in [-0.15, -0.1) is 0 Å². The molecule has 0 aromatic heterocycles. The van der Waals surface area contributed by atoms with Gasteiger partial charge in [-0.05, 0) is 34.9 Å². The maximum absolute atomic E-state index is 6.23.